The highest BCUT2D eigenvalue weighted by Gasteiger charge is 2.47. The smallest absolute Gasteiger partial charge is 0.300 e. The van der Waals surface area contributed by atoms with Crippen LogP contribution in [0.5, 0.6) is 17.2 Å². The van der Waals surface area contributed by atoms with Crippen LogP contribution < -0.4 is 19.1 Å². The predicted octanol–water partition coefficient (Wildman–Crippen LogP) is 5.90. The lowest BCUT2D eigenvalue weighted by molar-refractivity contribution is -0.132. The SMILES string of the molecule is CCOc1ccc(C2/C(=C(\O)c3cccc(OC(C)C)c3)C(=O)C(=O)N2c2cccc(OCC)c2)cc1. The van der Waals surface area contributed by atoms with E-state index in [-0.39, 0.29) is 17.4 Å². The standard InChI is InChI=1S/C30H31NO6/c1-5-35-23-15-13-20(14-16-23)27-26(28(32)21-9-7-12-25(17-21)37-19(3)4)29(33)30(34)31(27)22-10-8-11-24(18-22)36-6-2/h7-19,27,32H,5-6H2,1-4H3/b28-26+. The van der Waals surface area contributed by atoms with Crippen molar-refractivity contribution in [3.05, 3.63) is 89.5 Å². The zero-order valence-corrected chi connectivity index (χ0v) is 21.4. The number of anilines is 1. The topological polar surface area (TPSA) is 85.3 Å². The van der Waals surface area contributed by atoms with Crippen LogP contribution in [0.25, 0.3) is 5.76 Å². The first-order chi connectivity index (χ1) is 17.8. The molecule has 0 spiro atoms. The van der Waals surface area contributed by atoms with Crippen molar-refractivity contribution < 1.29 is 28.9 Å². The van der Waals surface area contributed by atoms with Crippen LogP contribution in [0.15, 0.2) is 78.4 Å². The quantitative estimate of drug-likeness (QED) is 0.223. The number of aliphatic hydroxyl groups excluding tert-OH is 1. The summed E-state index contributed by atoms with van der Waals surface area (Å²) in [6, 6.07) is 20.2. The van der Waals surface area contributed by atoms with Crippen LogP contribution >= 0.6 is 0 Å². The molecule has 37 heavy (non-hydrogen) atoms. The number of hydrogen-bond donors (Lipinski definition) is 1. The van der Waals surface area contributed by atoms with Crippen LogP contribution in [0, 0.1) is 0 Å². The molecule has 7 heteroatoms. The molecule has 1 N–H and O–H groups in total. The van der Waals surface area contributed by atoms with Crippen LogP contribution in [0.4, 0.5) is 5.69 Å². The maximum atomic E-state index is 13.4. The molecule has 1 aliphatic rings. The highest BCUT2D eigenvalue weighted by atomic mass is 16.5. The molecule has 1 heterocycles. The zero-order valence-electron chi connectivity index (χ0n) is 21.4. The number of carbonyl (C=O) groups is 2. The van der Waals surface area contributed by atoms with Crippen molar-refractivity contribution >= 4 is 23.1 Å². The van der Waals surface area contributed by atoms with E-state index in [9.17, 15) is 14.7 Å². The van der Waals surface area contributed by atoms with Crippen molar-refractivity contribution in [2.24, 2.45) is 0 Å². The Morgan fingerprint density at radius 3 is 2.19 bits per heavy atom. The molecular weight excluding hydrogens is 470 g/mol. The number of amides is 1. The van der Waals surface area contributed by atoms with E-state index in [0.717, 1.165) is 0 Å². The molecule has 0 aliphatic carbocycles. The van der Waals surface area contributed by atoms with Gasteiger partial charge in [0.25, 0.3) is 11.7 Å². The fourth-order valence-corrected chi connectivity index (χ4v) is 4.36. The number of Topliss-reactive ketones (excluding diaryl/α,β-unsaturated/α-hetero) is 1. The molecule has 7 nitrogen and oxygen atoms in total. The predicted molar refractivity (Wildman–Crippen MR) is 142 cm³/mol. The summed E-state index contributed by atoms with van der Waals surface area (Å²) in [5, 5.41) is 11.4. The van der Waals surface area contributed by atoms with Gasteiger partial charge in [-0.25, -0.2) is 0 Å². The Balaban J connectivity index is 1.88. The number of benzene rings is 3. The number of rotatable bonds is 9. The van der Waals surface area contributed by atoms with Gasteiger partial charge in [-0.1, -0.05) is 30.3 Å². The van der Waals surface area contributed by atoms with E-state index in [1.165, 1.54) is 4.90 Å². The van der Waals surface area contributed by atoms with Crippen molar-refractivity contribution in [2.75, 3.05) is 18.1 Å². The summed E-state index contributed by atoms with van der Waals surface area (Å²) in [6.07, 6.45) is -0.0653. The lowest BCUT2D eigenvalue weighted by atomic mass is 9.95. The summed E-state index contributed by atoms with van der Waals surface area (Å²) < 4.78 is 17.0. The molecule has 3 aromatic rings. The van der Waals surface area contributed by atoms with Crippen LogP contribution in [0.2, 0.25) is 0 Å². The Morgan fingerprint density at radius 2 is 1.51 bits per heavy atom. The van der Waals surface area contributed by atoms with Gasteiger partial charge in [0.1, 0.15) is 23.0 Å². The number of ether oxygens (including phenoxy) is 3. The van der Waals surface area contributed by atoms with Crippen molar-refractivity contribution in [1.82, 2.24) is 0 Å². The lowest BCUT2D eigenvalue weighted by Crippen LogP contribution is -2.29. The minimum atomic E-state index is -0.859. The summed E-state index contributed by atoms with van der Waals surface area (Å²) in [4.78, 5) is 28.3. The summed E-state index contributed by atoms with van der Waals surface area (Å²) in [6.45, 7) is 8.54. The van der Waals surface area contributed by atoms with Gasteiger partial charge in [0.15, 0.2) is 0 Å². The van der Waals surface area contributed by atoms with Crippen LogP contribution in [0.1, 0.15) is 44.9 Å². The number of carbonyl (C=O) groups excluding carboxylic acids is 2. The Kier molecular flexibility index (Phi) is 7.82. The van der Waals surface area contributed by atoms with E-state index < -0.39 is 17.7 Å². The van der Waals surface area contributed by atoms with E-state index in [0.29, 0.717) is 47.3 Å². The van der Waals surface area contributed by atoms with E-state index in [4.69, 9.17) is 14.2 Å². The second-order valence-corrected chi connectivity index (χ2v) is 8.80. The molecule has 4 rings (SSSR count). The number of hydrogen-bond acceptors (Lipinski definition) is 6. The first kappa shape index (κ1) is 25.8. The van der Waals surface area contributed by atoms with Gasteiger partial charge in [-0.3, -0.25) is 14.5 Å². The maximum Gasteiger partial charge on any atom is 0.300 e. The van der Waals surface area contributed by atoms with E-state index in [2.05, 4.69) is 0 Å². The Labute approximate surface area is 216 Å². The van der Waals surface area contributed by atoms with Gasteiger partial charge in [0, 0.05) is 17.3 Å². The molecule has 0 aromatic heterocycles. The molecule has 1 amide bonds. The van der Waals surface area contributed by atoms with Gasteiger partial charge in [-0.2, -0.15) is 0 Å². The summed E-state index contributed by atoms with van der Waals surface area (Å²) >= 11 is 0. The Hall–Kier alpha value is -4.26. The molecule has 1 fully saturated rings. The highest BCUT2D eigenvalue weighted by molar-refractivity contribution is 6.51. The van der Waals surface area contributed by atoms with Crippen molar-refractivity contribution in [1.29, 1.82) is 0 Å². The molecule has 0 bridgehead atoms. The molecule has 1 atom stereocenters. The number of nitrogens with zero attached hydrogens (tertiary/aromatic N) is 1. The second kappa shape index (κ2) is 11.2. The molecule has 0 saturated carbocycles. The lowest BCUT2D eigenvalue weighted by Gasteiger charge is -2.26. The average molecular weight is 502 g/mol. The largest absolute Gasteiger partial charge is 0.507 e. The van der Waals surface area contributed by atoms with Gasteiger partial charge in [0.2, 0.25) is 0 Å². The molecule has 192 valence electrons. The fraction of sp³-hybridized carbons (Fsp3) is 0.267. The van der Waals surface area contributed by atoms with Gasteiger partial charge in [-0.05, 0) is 69.7 Å². The average Bonchev–Trinajstić information content (AvgIpc) is 3.14. The molecular formula is C30H31NO6. The van der Waals surface area contributed by atoms with Crippen molar-refractivity contribution in [2.45, 2.75) is 39.8 Å². The van der Waals surface area contributed by atoms with E-state index >= 15 is 0 Å². The first-order valence-electron chi connectivity index (χ1n) is 12.4. The molecule has 1 unspecified atom stereocenters. The highest BCUT2D eigenvalue weighted by Crippen LogP contribution is 2.43. The molecule has 0 radical (unpaired) electrons. The number of ketones is 1. The van der Waals surface area contributed by atoms with Crippen LogP contribution in [-0.4, -0.2) is 36.1 Å². The van der Waals surface area contributed by atoms with Crippen LogP contribution in [0.3, 0.4) is 0 Å². The Bertz CT molecular complexity index is 1310. The normalized spacial score (nSPS) is 16.8. The van der Waals surface area contributed by atoms with Gasteiger partial charge in [0.05, 0.1) is 30.9 Å². The molecule has 1 aliphatic heterocycles. The van der Waals surface area contributed by atoms with Gasteiger partial charge in [-0.15, -0.1) is 0 Å². The Morgan fingerprint density at radius 1 is 0.865 bits per heavy atom. The van der Waals surface area contributed by atoms with Crippen molar-refractivity contribution in [3.63, 3.8) is 0 Å². The first-order valence-corrected chi connectivity index (χ1v) is 12.4. The number of aliphatic hydroxyl groups is 1. The summed E-state index contributed by atoms with van der Waals surface area (Å²) in [7, 11) is 0. The van der Waals surface area contributed by atoms with Gasteiger partial charge >= 0.3 is 0 Å². The van der Waals surface area contributed by atoms with E-state index in [1.807, 2.05) is 27.7 Å². The minimum absolute atomic E-state index is 0.00216. The monoisotopic (exact) mass is 501 g/mol. The third kappa shape index (κ3) is 5.45. The molecule has 3 aromatic carbocycles. The third-order valence-corrected chi connectivity index (χ3v) is 5.84. The maximum absolute atomic E-state index is 13.4. The zero-order chi connectivity index (χ0) is 26.5. The summed E-state index contributed by atoms with van der Waals surface area (Å²) in [5.74, 6) is 0.0215. The second-order valence-electron chi connectivity index (χ2n) is 8.80. The van der Waals surface area contributed by atoms with Crippen molar-refractivity contribution in [3.8, 4) is 17.2 Å². The van der Waals surface area contributed by atoms with Gasteiger partial charge < -0.3 is 19.3 Å². The summed E-state index contributed by atoms with van der Waals surface area (Å²) in [5.41, 5.74) is 1.52. The third-order valence-electron chi connectivity index (χ3n) is 5.84. The fourth-order valence-electron chi connectivity index (χ4n) is 4.36. The van der Waals surface area contributed by atoms with E-state index in [1.54, 1.807) is 72.8 Å². The minimum Gasteiger partial charge on any atom is -0.507 e. The molecule has 1 saturated heterocycles. The van der Waals surface area contributed by atoms with Crippen LogP contribution in [-0.2, 0) is 9.59 Å².